The summed E-state index contributed by atoms with van der Waals surface area (Å²) in [7, 11) is 1.64. The van der Waals surface area contributed by atoms with Crippen LogP contribution in [-0.4, -0.2) is 28.6 Å². The number of hydrogen-bond donors (Lipinski definition) is 4. The second kappa shape index (κ2) is 7.99. The van der Waals surface area contributed by atoms with Gasteiger partial charge in [-0.25, -0.2) is 0 Å². The molecular weight excluding hydrogens is 354 g/mol. The highest BCUT2D eigenvalue weighted by Gasteiger charge is 2.21. The molecule has 0 unspecified atom stereocenters. The zero-order valence-electron chi connectivity index (χ0n) is 15.6. The minimum absolute atomic E-state index is 0.440. The molecule has 1 aliphatic carbocycles. The van der Waals surface area contributed by atoms with Crippen molar-refractivity contribution in [3.63, 3.8) is 0 Å². The van der Waals surface area contributed by atoms with Gasteiger partial charge in [-0.2, -0.15) is 15.0 Å². The van der Waals surface area contributed by atoms with Gasteiger partial charge in [0.2, 0.25) is 17.8 Å². The number of nitrogens with one attached hydrogen (secondary N) is 3. The molecule has 0 aliphatic heterocycles. The Bertz CT molecular complexity index is 942. The van der Waals surface area contributed by atoms with Crippen molar-refractivity contribution in [3.05, 3.63) is 48.5 Å². The first-order chi connectivity index (χ1) is 13.7. The van der Waals surface area contributed by atoms with Gasteiger partial charge in [-0.3, -0.25) is 0 Å². The van der Waals surface area contributed by atoms with Crippen molar-refractivity contribution in [1.29, 1.82) is 0 Å². The summed E-state index contributed by atoms with van der Waals surface area (Å²) in [5, 5.41) is 9.71. The van der Waals surface area contributed by atoms with E-state index in [4.69, 9.17) is 10.5 Å². The number of methoxy groups -OCH3 is 1. The molecule has 0 radical (unpaired) electrons. The maximum Gasteiger partial charge on any atom is 0.233 e. The minimum atomic E-state index is 0.440. The maximum absolute atomic E-state index is 5.86. The van der Waals surface area contributed by atoms with Gasteiger partial charge in [0, 0.05) is 23.6 Å². The van der Waals surface area contributed by atoms with Crippen LogP contribution in [0.5, 0.6) is 5.75 Å². The SMILES string of the molecule is COc1ccc(Nc2nc(NCC3CC3)nc(Nc3cccc(N)c3)n2)cc1. The first kappa shape index (κ1) is 17.8. The van der Waals surface area contributed by atoms with Gasteiger partial charge >= 0.3 is 0 Å². The van der Waals surface area contributed by atoms with Gasteiger partial charge in [-0.1, -0.05) is 6.07 Å². The van der Waals surface area contributed by atoms with Crippen LogP contribution in [0, 0.1) is 5.92 Å². The monoisotopic (exact) mass is 377 g/mol. The largest absolute Gasteiger partial charge is 0.497 e. The average molecular weight is 377 g/mol. The highest BCUT2D eigenvalue weighted by Crippen LogP contribution is 2.29. The van der Waals surface area contributed by atoms with Gasteiger partial charge < -0.3 is 26.4 Å². The van der Waals surface area contributed by atoms with Crippen molar-refractivity contribution in [2.45, 2.75) is 12.8 Å². The number of aromatic nitrogens is 3. The van der Waals surface area contributed by atoms with Crippen LogP contribution in [0.4, 0.5) is 34.9 Å². The van der Waals surface area contributed by atoms with Crippen molar-refractivity contribution < 1.29 is 4.74 Å². The van der Waals surface area contributed by atoms with Crippen LogP contribution in [0.2, 0.25) is 0 Å². The zero-order valence-corrected chi connectivity index (χ0v) is 15.6. The first-order valence-electron chi connectivity index (χ1n) is 9.21. The fourth-order valence-corrected chi connectivity index (χ4v) is 2.67. The molecule has 1 saturated carbocycles. The molecule has 1 aromatic heterocycles. The topological polar surface area (TPSA) is 110 Å². The number of hydrogen-bond acceptors (Lipinski definition) is 8. The Balaban J connectivity index is 1.56. The van der Waals surface area contributed by atoms with E-state index in [-0.39, 0.29) is 0 Å². The van der Waals surface area contributed by atoms with Crippen LogP contribution < -0.4 is 26.4 Å². The lowest BCUT2D eigenvalue weighted by atomic mass is 10.3. The highest BCUT2D eigenvalue weighted by molar-refractivity contribution is 5.62. The molecule has 1 fully saturated rings. The van der Waals surface area contributed by atoms with E-state index >= 15 is 0 Å². The molecule has 144 valence electrons. The molecule has 5 N–H and O–H groups in total. The Morgan fingerprint density at radius 3 is 2.25 bits per heavy atom. The third-order valence-electron chi connectivity index (χ3n) is 4.37. The lowest BCUT2D eigenvalue weighted by Gasteiger charge is -2.12. The van der Waals surface area contributed by atoms with Crippen LogP contribution in [0.3, 0.4) is 0 Å². The van der Waals surface area contributed by atoms with E-state index in [1.165, 1.54) is 12.8 Å². The van der Waals surface area contributed by atoms with Crippen molar-refractivity contribution in [2.75, 3.05) is 35.3 Å². The zero-order chi connectivity index (χ0) is 19.3. The lowest BCUT2D eigenvalue weighted by molar-refractivity contribution is 0.415. The summed E-state index contributed by atoms with van der Waals surface area (Å²) in [6.07, 6.45) is 2.51. The van der Waals surface area contributed by atoms with Gasteiger partial charge in [-0.05, 0) is 61.2 Å². The molecule has 0 bridgehead atoms. The molecule has 1 aliphatic rings. The summed E-state index contributed by atoms with van der Waals surface area (Å²) in [4.78, 5) is 13.5. The fourth-order valence-electron chi connectivity index (χ4n) is 2.67. The smallest absolute Gasteiger partial charge is 0.233 e. The van der Waals surface area contributed by atoms with Crippen LogP contribution in [-0.2, 0) is 0 Å². The molecule has 0 spiro atoms. The second-order valence-electron chi connectivity index (χ2n) is 6.73. The predicted octanol–water partition coefficient (Wildman–Crippen LogP) is 3.77. The van der Waals surface area contributed by atoms with Crippen LogP contribution in [0.25, 0.3) is 0 Å². The Labute approximate surface area is 163 Å². The number of benzene rings is 2. The molecule has 8 nitrogen and oxygen atoms in total. The normalized spacial score (nSPS) is 13.0. The van der Waals surface area contributed by atoms with E-state index in [1.807, 2.05) is 48.5 Å². The molecule has 4 rings (SSSR count). The lowest BCUT2D eigenvalue weighted by Crippen LogP contribution is -2.11. The molecular formula is C20H23N7O. The van der Waals surface area contributed by atoms with Gasteiger partial charge in [0.1, 0.15) is 5.75 Å². The van der Waals surface area contributed by atoms with E-state index in [9.17, 15) is 0 Å². The molecule has 0 amide bonds. The molecule has 3 aromatic rings. The molecule has 0 saturated heterocycles. The Hall–Kier alpha value is -3.55. The maximum atomic E-state index is 5.86. The summed E-state index contributed by atoms with van der Waals surface area (Å²) in [5.74, 6) is 2.92. The first-order valence-corrected chi connectivity index (χ1v) is 9.21. The van der Waals surface area contributed by atoms with E-state index in [2.05, 4.69) is 30.9 Å². The summed E-state index contributed by atoms with van der Waals surface area (Å²) < 4.78 is 5.19. The second-order valence-corrected chi connectivity index (χ2v) is 6.73. The molecule has 28 heavy (non-hydrogen) atoms. The number of ether oxygens (including phenoxy) is 1. The number of nitrogens with two attached hydrogens (primary N) is 1. The summed E-state index contributed by atoms with van der Waals surface area (Å²) in [6, 6.07) is 15.0. The quantitative estimate of drug-likeness (QED) is 0.439. The van der Waals surface area contributed by atoms with E-state index in [0.29, 0.717) is 29.5 Å². The number of nitrogen functional groups attached to an aromatic ring is 1. The van der Waals surface area contributed by atoms with E-state index < -0.39 is 0 Å². The van der Waals surface area contributed by atoms with Crippen LogP contribution >= 0.6 is 0 Å². The third-order valence-corrected chi connectivity index (χ3v) is 4.37. The van der Waals surface area contributed by atoms with E-state index in [1.54, 1.807) is 7.11 Å². The Morgan fingerprint density at radius 2 is 1.61 bits per heavy atom. The number of rotatable bonds is 8. The number of nitrogens with zero attached hydrogens (tertiary/aromatic N) is 3. The molecule has 1 heterocycles. The highest BCUT2D eigenvalue weighted by atomic mass is 16.5. The fraction of sp³-hybridized carbons (Fsp3) is 0.250. The summed E-state index contributed by atoms with van der Waals surface area (Å²) >= 11 is 0. The van der Waals surface area contributed by atoms with E-state index in [0.717, 1.165) is 23.7 Å². The summed E-state index contributed by atoms with van der Waals surface area (Å²) in [5.41, 5.74) is 8.20. The van der Waals surface area contributed by atoms with Crippen molar-refractivity contribution in [1.82, 2.24) is 15.0 Å². The van der Waals surface area contributed by atoms with Gasteiger partial charge in [0.15, 0.2) is 0 Å². The van der Waals surface area contributed by atoms with Crippen molar-refractivity contribution in [3.8, 4) is 5.75 Å². The molecule has 2 aromatic carbocycles. The van der Waals surface area contributed by atoms with Gasteiger partial charge in [0.25, 0.3) is 0 Å². The van der Waals surface area contributed by atoms with Crippen LogP contribution in [0.15, 0.2) is 48.5 Å². The van der Waals surface area contributed by atoms with Crippen LogP contribution in [0.1, 0.15) is 12.8 Å². The standard InChI is InChI=1S/C20H23N7O/c1-28-17-9-7-15(8-10-17)23-19-25-18(22-12-13-5-6-13)26-20(27-19)24-16-4-2-3-14(21)11-16/h2-4,7-11,13H,5-6,12,21H2,1H3,(H3,22,23,24,25,26,27). The average Bonchev–Trinajstić information content (AvgIpc) is 3.51. The Kier molecular flexibility index (Phi) is 5.09. The Morgan fingerprint density at radius 1 is 0.929 bits per heavy atom. The predicted molar refractivity (Wildman–Crippen MR) is 111 cm³/mol. The van der Waals surface area contributed by atoms with Crippen molar-refractivity contribution >= 4 is 34.9 Å². The third kappa shape index (κ3) is 4.79. The summed E-state index contributed by atoms with van der Waals surface area (Å²) in [6.45, 7) is 0.865. The van der Waals surface area contributed by atoms with Gasteiger partial charge in [-0.15, -0.1) is 0 Å². The minimum Gasteiger partial charge on any atom is -0.497 e. The van der Waals surface area contributed by atoms with Gasteiger partial charge in [0.05, 0.1) is 7.11 Å². The van der Waals surface area contributed by atoms with Crippen molar-refractivity contribution in [2.24, 2.45) is 5.92 Å². The molecule has 8 heteroatoms. The molecule has 0 atom stereocenters. The number of anilines is 6.